The Morgan fingerprint density at radius 2 is 2.11 bits per heavy atom. The van der Waals surface area contributed by atoms with Crippen LogP contribution in [-0.2, 0) is 4.74 Å². The number of methoxy groups -OCH3 is 1. The van der Waals surface area contributed by atoms with Crippen LogP contribution in [-0.4, -0.2) is 50.0 Å². The maximum atomic E-state index is 12.5. The molecule has 1 fully saturated rings. The molecule has 112 valence electrons. The highest BCUT2D eigenvalue weighted by atomic mass is 19.4. The van der Waals surface area contributed by atoms with Crippen molar-refractivity contribution in [3.63, 3.8) is 0 Å². The molecule has 4 nitrogen and oxygen atoms in total. The lowest BCUT2D eigenvalue weighted by Crippen LogP contribution is -2.51. The summed E-state index contributed by atoms with van der Waals surface area (Å²) in [7, 11) is 1.25. The number of hydrogen-bond acceptors (Lipinski definition) is 3. The van der Waals surface area contributed by atoms with E-state index >= 15 is 0 Å². The first-order valence-electron chi connectivity index (χ1n) is 6.47. The van der Waals surface area contributed by atoms with Gasteiger partial charge in [0.05, 0.1) is 7.11 Å². The highest BCUT2D eigenvalue weighted by Gasteiger charge is 2.36. The average molecular weight is 282 g/mol. The first kappa shape index (κ1) is 16.1. The number of piperidine rings is 1. The molecule has 0 aliphatic carbocycles. The van der Waals surface area contributed by atoms with Crippen LogP contribution in [0.1, 0.15) is 26.2 Å². The summed E-state index contributed by atoms with van der Waals surface area (Å²) in [5, 5.41) is 2.60. The second-order valence-corrected chi connectivity index (χ2v) is 5.01. The number of rotatable bonds is 4. The highest BCUT2D eigenvalue weighted by molar-refractivity contribution is 5.67. The van der Waals surface area contributed by atoms with Crippen molar-refractivity contribution in [2.75, 3.05) is 26.7 Å². The Morgan fingerprint density at radius 1 is 1.42 bits per heavy atom. The second-order valence-electron chi connectivity index (χ2n) is 5.01. The molecular weight excluding hydrogens is 261 g/mol. The van der Waals surface area contributed by atoms with Crippen molar-refractivity contribution in [3.05, 3.63) is 0 Å². The highest BCUT2D eigenvalue weighted by Crippen LogP contribution is 2.30. The maximum Gasteiger partial charge on any atom is 0.407 e. The van der Waals surface area contributed by atoms with Gasteiger partial charge in [-0.15, -0.1) is 0 Å². The minimum Gasteiger partial charge on any atom is -0.453 e. The number of ether oxygens (including phenoxy) is 1. The average Bonchev–Trinajstić information content (AvgIpc) is 2.26. The number of hydrogen-bond donors (Lipinski definition) is 1. The Bertz CT molecular complexity index is 297. The fraction of sp³-hybridized carbons (Fsp3) is 0.917. The summed E-state index contributed by atoms with van der Waals surface area (Å²) in [6, 6.07) is -0.278. The van der Waals surface area contributed by atoms with Crippen molar-refractivity contribution in [3.8, 4) is 0 Å². The number of alkyl carbamates (subject to hydrolysis) is 1. The third-order valence-corrected chi connectivity index (χ3v) is 3.18. The van der Waals surface area contributed by atoms with Gasteiger partial charge in [-0.1, -0.05) is 6.92 Å². The first-order valence-corrected chi connectivity index (χ1v) is 6.47. The summed E-state index contributed by atoms with van der Waals surface area (Å²) in [6.07, 6.45) is -4.32. The molecule has 0 aromatic heterocycles. The number of carbonyl (C=O) groups excluding carboxylic acids is 1. The predicted molar refractivity (Wildman–Crippen MR) is 64.8 cm³/mol. The third kappa shape index (κ3) is 6.13. The Labute approximate surface area is 111 Å². The van der Waals surface area contributed by atoms with Crippen LogP contribution in [0.25, 0.3) is 0 Å². The van der Waals surface area contributed by atoms with E-state index in [9.17, 15) is 18.0 Å². The Balaban J connectivity index is 2.59. The van der Waals surface area contributed by atoms with Crippen molar-refractivity contribution < 1.29 is 22.7 Å². The molecule has 0 spiro atoms. The normalized spacial score (nSPS) is 25.1. The number of halogens is 3. The van der Waals surface area contributed by atoms with Crippen molar-refractivity contribution >= 4 is 6.09 Å². The third-order valence-electron chi connectivity index (χ3n) is 3.18. The minimum atomic E-state index is -4.16. The first-order chi connectivity index (χ1) is 8.84. The van der Waals surface area contributed by atoms with E-state index in [0.717, 1.165) is 13.0 Å². The van der Waals surface area contributed by atoms with E-state index < -0.39 is 24.6 Å². The largest absolute Gasteiger partial charge is 0.453 e. The second kappa shape index (κ2) is 6.98. The van der Waals surface area contributed by atoms with E-state index in [2.05, 4.69) is 10.1 Å². The van der Waals surface area contributed by atoms with E-state index in [4.69, 9.17) is 0 Å². The monoisotopic (exact) mass is 282 g/mol. The van der Waals surface area contributed by atoms with Crippen LogP contribution in [0.3, 0.4) is 0 Å². The van der Waals surface area contributed by atoms with E-state index in [0.29, 0.717) is 19.5 Å². The molecule has 7 heteroatoms. The molecule has 0 bridgehead atoms. The molecule has 0 aromatic rings. The van der Waals surface area contributed by atoms with E-state index in [-0.39, 0.29) is 6.04 Å². The number of amides is 1. The Morgan fingerprint density at radius 3 is 2.63 bits per heavy atom. The van der Waals surface area contributed by atoms with Gasteiger partial charge in [-0.05, 0) is 25.3 Å². The molecule has 1 rings (SSSR count). The van der Waals surface area contributed by atoms with Gasteiger partial charge in [-0.3, -0.25) is 0 Å². The van der Waals surface area contributed by atoms with Crippen LogP contribution in [0.15, 0.2) is 0 Å². The molecule has 2 atom stereocenters. The minimum absolute atomic E-state index is 0.278. The van der Waals surface area contributed by atoms with Crippen LogP contribution >= 0.6 is 0 Å². The lowest BCUT2D eigenvalue weighted by atomic mass is 9.91. The maximum absolute atomic E-state index is 12.5. The van der Waals surface area contributed by atoms with Gasteiger partial charge in [-0.25, -0.2) is 4.79 Å². The van der Waals surface area contributed by atoms with Crippen LogP contribution < -0.4 is 5.32 Å². The van der Waals surface area contributed by atoms with Crippen molar-refractivity contribution in [2.24, 2.45) is 5.92 Å². The standard InChI is InChI=1S/C12H21F3N2O2/c1-3-4-17-7-9(6-12(13,14)15)5-10(8-17)16-11(18)19-2/h9-10H,3-8H2,1-2H3,(H,16,18). The molecule has 19 heavy (non-hydrogen) atoms. The summed E-state index contributed by atoms with van der Waals surface area (Å²) < 4.78 is 41.9. The molecule has 1 aliphatic heterocycles. The topological polar surface area (TPSA) is 41.6 Å². The zero-order valence-corrected chi connectivity index (χ0v) is 11.3. The van der Waals surface area contributed by atoms with Crippen LogP contribution in [0.2, 0.25) is 0 Å². The number of nitrogens with one attached hydrogen (secondary N) is 1. The van der Waals surface area contributed by atoms with Crippen molar-refractivity contribution in [1.29, 1.82) is 0 Å². The van der Waals surface area contributed by atoms with Crippen LogP contribution in [0.5, 0.6) is 0 Å². The summed E-state index contributed by atoms with van der Waals surface area (Å²) in [4.78, 5) is 13.1. The van der Waals surface area contributed by atoms with Gasteiger partial charge < -0.3 is 15.0 Å². The quantitative estimate of drug-likeness (QED) is 0.861. The fourth-order valence-electron chi connectivity index (χ4n) is 2.61. The zero-order valence-electron chi connectivity index (χ0n) is 11.3. The smallest absolute Gasteiger partial charge is 0.407 e. The molecular formula is C12H21F3N2O2. The van der Waals surface area contributed by atoms with E-state index in [1.165, 1.54) is 7.11 Å². The van der Waals surface area contributed by atoms with Gasteiger partial charge in [-0.2, -0.15) is 13.2 Å². The van der Waals surface area contributed by atoms with Crippen LogP contribution in [0.4, 0.5) is 18.0 Å². The Hall–Kier alpha value is -0.980. The lowest BCUT2D eigenvalue weighted by Gasteiger charge is -2.38. The lowest BCUT2D eigenvalue weighted by molar-refractivity contribution is -0.148. The molecule has 1 N–H and O–H groups in total. The molecule has 0 radical (unpaired) electrons. The number of nitrogens with zero attached hydrogens (tertiary/aromatic N) is 1. The molecule has 1 amide bonds. The van der Waals surface area contributed by atoms with Gasteiger partial charge in [0.15, 0.2) is 0 Å². The van der Waals surface area contributed by atoms with Gasteiger partial charge in [0.1, 0.15) is 0 Å². The molecule has 0 saturated carbocycles. The summed E-state index contributed by atoms with van der Waals surface area (Å²) >= 11 is 0. The van der Waals surface area contributed by atoms with E-state index in [1.807, 2.05) is 11.8 Å². The van der Waals surface area contributed by atoms with Gasteiger partial charge in [0.2, 0.25) is 0 Å². The number of carbonyl (C=O) groups is 1. The summed E-state index contributed by atoms with van der Waals surface area (Å²) in [6.45, 7) is 3.74. The summed E-state index contributed by atoms with van der Waals surface area (Å²) in [5.74, 6) is -0.470. The molecule has 0 aromatic carbocycles. The predicted octanol–water partition coefficient (Wildman–Crippen LogP) is 2.40. The number of alkyl halides is 3. The summed E-state index contributed by atoms with van der Waals surface area (Å²) in [5.41, 5.74) is 0. The number of likely N-dealkylation sites (tertiary alicyclic amines) is 1. The van der Waals surface area contributed by atoms with Crippen molar-refractivity contribution in [1.82, 2.24) is 10.2 Å². The van der Waals surface area contributed by atoms with Gasteiger partial charge >= 0.3 is 12.3 Å². The molecule has 1 aliphatic rings. The SMILES string of the molecule is CCCN1CC(CC(F)(F)F)CC(NC(=O)OC)C1. The Kier molecular flexibility index (Phi) is 5.90. The zero-order chi connectivity index (χ0) is 14.5. The van der Waals surface area contributed by atoms with E-state index in [1.54, 1.807) is 0 Å². The fourth-order valence-corrected chi connectivity index (χ4v) is 2.61. The van der Waals surface area contributed by atoms with Gasteiger partial charge in [0.25, 0.3) is 0 Å². The van der Waals surface area contributed by atoms with Crippen LogP contribution in [0, 0.1) is 5.92 Å². The van der Waals surface area contributed by atoms with Gasteiger partial charge in [0, 0.05) is 25.6 Å². The molecule has 1 saturated heterocycles. The van der Waals surface area contributed by atoms with Crippen molar-refractivity contribution in [2.45, 2.75) is 38.4 Å². The molecule has 2 unspecified atom stereocenters. The molecule has 1 heterocycles.